The van der Waals surface area contributed by atoms with Crippen molar-refractivity contribution in [3.05, 3.63) is 53.9 Å². The maximum absolute atomic E-state index is 13.5. The molecule has 0 spiro atoms. The standard InChI is InChI=1S/C27H32N4O/c1-3-24(27-13-18-10-19(14-27)12-20(11-18)15-27)30-26(32)22-16-29-31-23(8-9-28-25(22)31)21-6-4-17(2)5-7-21/h4-9,16,18-20,24H,3,10-15H2,1-2H3,(H,30,32). The van der Waals surface area contributed by atoms with Gasteiger partial charge in [0.15, 0.2) is 5.65 Å². The summed E-state index contributed by atoms with van der Waals surface area (Å²) in [5.74, 6) is 2.60. The Kier molecular flexibility index (Phi) is 4.63. The molecule has 32 heavy (non-hydrogen) atoms. The lowest BCUT2D eigenvalue weighted by molar-refractivity contribution is -0.0727. The molecule has 0 aliphatic heterocycles. The Morgan fingerprint density at radius 3 is 2.38 bits per heavy atom. The van der Waals surface area contributed by atoms with Crippen LogP contribution < -0.4 is 5.32 Å². The fraction of sp³-hybridized carbons (Fsp3) is 0.519. The number of amides is 1. The highest BCUT2D eigenvalue weighted by Crippen LogP contribution is 2.61. The summed E-state index contributed by atoms with van der Waals surface area (Å²) in [6, 6.07) is 10.6. The molecule has 4 bridgehead atoms. The third-order valence-electron chi connectivity index (χ3n) is 8.53. The van der Waals surface area contributed by atoms with E-state index in [0.717, 1.165) is 35.4 Å². The van der Waals surface area contributed by atoms with Crippen molar-refractivity contribution < 1.29 is 4.79 Å². The van der Waals surface area contributed by atoms with Gasteiger partial charge in [-0.05, 0) is 81.1 Å². The smallest absolute Gasteiger partial charge is 0.257 e. The van der Waals surface area contributed by atoms with Crippen LogP contribution in [0.2, 0.25) is 0 Å². The van der Waals surface area contributed by atoms with E-state index in [1.165, 1.54) is 44.1 Å². The zero-order valence-corrected chi connectivity index (χ0v) is 19.1. The summed E-state index contributed by atoms with van der Waals surface area (Å²) < 4.78 is 1.80. The van der Waals surface area contributed by atoms with E-state index in [0.29, 0.717) is 16.6 Å². The minimum atomic E-state index is -0.0313. The molecular formula is C27H32N4O. The molecule has 166 valence electrons. The zero-order chi connectivity index (χ0) is 21.9. The minimum Gasteiger partial charge on any atom is -0.349 e. The molecule has 7 rings (SSSR count). The first kappa shape index (κ1) is 20.0. The van der Waals surface area contributed by atoms with E-state index >= 15 is 0 Å². The summed E-state index contributed by atoms with van der Waals surface area (Å²) in [6.45, 7) is 4.31. The van der Waals surface area contributed by atoms with Crippen LogP contribution in [0.25, 0.3) is 16.9 Å². The van der Waals surface area contributed by atoms with Crippen LogP contribution in [0.3, 0.4) is 0 Å². The number of fused-ring (bicyclic) bond motifs is 1. The summed E-state index contributed by atoms with van der Waals surface area (Å²) in [5, 5.41) is 8.01. The summed E-state index contributed by atoms with van der Waals surface area (Å²) in [6.07, 6.45) is 12.6. The first-order valence-electron chi connectivity index (χ1n) is 12.3. The van der Waals surface area contributed by atoms with Gasteiger partial charge in [0.05, 0.1) is 11.9 Å². The van der Waals surface area contributed by atoms with Crippen LogP contribution in [0.5, 0.6) is 0 Å². The van der Waals surface area contributed by atoms with Crippen LogP contribution in [0.4, 0.5) is 0 Å². The molecule has 4 fully saturated rings. The quantitative estimate of drug-likeness (QED) is 0.589. The molecule has 2 aromatic heterocycles. The second-order valence-electron chi connectivity index (χ2n) is 10.7. The Balaban J connectivity index is 1.29. The van der Waals surface area contributed by atoms with Crippen molar-refractivity contribution >= 4 is 11.6 Å². The van der Waals surface area contributed by atoms with E-state index in [4.69, 9.17) is 0 Å². The van der Waals surface area contributed by atoms with E-state index in [1.807, 2.05) is 6.07 Å². The van der Waals surface area contributed by atoms with Crippen molar-refractivity contribution in [3.8, 4) is 11.3 Å². The number of rotatable bonds is 5. The van der Waals surface area contributed by atoms with Gasteiger partial charge in [0.25, 0.3) is 5.91 Å². The van der Waals surface area contributed by atoms with Crippen LogP contribution in [-0.4, -0.2) is 26.5 Å². The Bertz CT molecular complexity index is 1130. The van der Waals surface area contributed by atoms with Gasteiger partial charge in [0, 0.05) is 17.8 Å². The van der Waals surface area contributed by atoms with Crippen molar-refractivity contribution in [2.45, 2.75) is 64.8 Å². The van der Waals surface area contributed by atoms with E-state index in [-0.39, 0.29) is 11.9 Å². The lowest BCUT2D eigenvalue weighted by atomic mass is 9.47. The second-order valence-corrected chi connectivity index (χ2v) is 10.7. The molecule has 4 aliphatic carbocycles. The number of hydrogen-bond donors (Lipinski definition) is 1. The molecule has 0 radical (unpaired) electrons. The third-order valence-corrected chi connectivity index (χ3v) is 8.53. The number of nitrogens with one attached hydrogen (secondary N) is 1. The lowest BCUT2D eigenvalue weighted by Crippen LogP contribution is -2.56. The number of carbonyl (C=O) groups excluding carboxylic acids is 1. The highest BCUT2D eigenvalue weighted by molar-refractivity contribution is 6.00. The summed E-state index contributed by atoms with van der Waals surface area (Å²) in [4.78, 5) is 18.0. The van der Waals surface area contributed by atoms with Gasteiger partial charge in [-0.1, -0.05) is 36.8 Å². The molecule has 1 amide bonds. The van der Waals surface area contributed by atoms with E-state index in [2.05, 4.69) is 53.5 Å². The SMILES string of the molecule is CCC(NC(=O)c1cnn2c(-c3ccc(C)cc3)ccnc12)C12CC3CC(CC(C3)C1)C2. The molecule has 5 nitrogen and oxygen atoms in total. The molecule has 1 aromatic carbocycles. The number of hydrogen-bond acceptors (Lipinski definition) is 3. The zero-order valence-electron chi connectivity index (χ0n) is 19.1. The summed E-state index contributed by atoms with van der Waals surface area (Å²) >= 11 is 0. The average Bonchev–Trinajstić information content (AvgIpc) is 3.21. The van der Waals surface area contributed by atoms with Gasteiger partial charge in [-0.25, -0.2) is 9.50 Å². The summed E-state index contributed by atoms with van der Waals surface area (Å²) in [7, 11) is 0. The van der Waals surface area contributed by atoms with Crippen molar-refractivity contribution in [1.82, 2.24) is 19.9 Å². The van der Waals surface area contributed by atoms with Crippen LogP contribution in [0, 0.1) is 30.1 Å². The van der Waals surface area contributed by atoms with Gasteiger partial charge < -0.3 is 5.32 Å². The van der Waals surface area contributed by atoms with E-state index < -0.39 is 0 Å². The third kappa shape index (κ3) is 3.16. The minimum absolute atomic E-state index is 0.0313. The van der Waals surface area contributed by atoms with E-state index in [9.17, 15) is 4.79 Å². The first-order chi connectivity index (χ1) is 15.5. The molecular weight excluding hydrogens is 396 g/mol. The Morgan fingerprint density at radius 1 is 1.09 bits per heavy atom. The van der Waals surface area contributed by atoms with Gasteiger partial charge in [-0.3, -0.25) is 4.79 Å². The monoisotopic (exact) mass is 428 g/mol. The van der Waals surface area contributed by atoms with Gasteiger partial charge in [-0.2, -0.15) is 5.10 Å². The van der Waals surface area contributed by atoms with Crippen LogP contribution in [0.1, 0.15) is 67.8 Å². The van der Waals surface area contributed by atoms with Gasteiger partial charge in [0.1, 0.15) is 5.56 Å². The Labute approximate surface area is 189 Å². The molecule has 1 atom stereocenters. The first-order valence-corrected chi connectivity index (χ1v) is 12.3. The molecule has 4 aliphatic rings. The topological polar surface area (TPSA) is 59.3 Å². The predicted molar refractivity (Wildman–Crippen MR) is 125 cm³/mol. The molecule has 1 unspecified atom stereocenters. The maximum Gasteiger partial charge on any atom is 0.257 e. The normalized spacial score (nSPS) is 29.4. The molecule has 5 heteroatoms. The number of aromatic nitrogens is 3. The van der Waals surface area contributed by atoms with Gasteiger partial charge in [0.2, 0.25) is 0 Å². The van der Waals surface area contributed by atoms with E-state index in [1.54, 1.807) is 16.9 Å². The number of carbonyl (C=O) groups is 1. The molecule has 1 N–H and O–H groups in total. The fourth-order valence-corrected chi connectivity index (χ4v) is 7.52. The second kappa shape index (κ2) is 7.43. The van der Waals surface area contributed by atoms with Crippen LogP contribution in [-0.2, 0) is 0 Å². The van der Waals surface area contributed by atoms with Gasteiger partial charge in [-0.15, -0.1) is 0 Å². The lowest BCUT2D eigenvalue weighted by Gasteiger charge is -2.59. The number of nitrogens with zero attached hydrogens (tertiary/aromatic N) is 3. The Morgan fingerprint density at radius 2 is 1.75 bits per heavy atom. The fourth-order valence-electron chi connectivity index (χ4n) is 7.52. The van der Waals surface area contributed by atoms with Crippen molar-refractivity contribution in [3.63, 3.8) is 0 Å². The van der Waals surface area contributed by atoms with Gasteiger partial charge >= 0.3 is 0 Å². The van der Waals surface area contributed by atoms with Crippen LogP contribution >= 0.6 is 0 Å². The van der Waals surface area contributed by atoms with Crippen LogP contribution in [0.15, 0.2) is 42.7 Å². The van der Waals surface area contributed by atoms with Crippen molar-refractivity contribution in [2.75, 3.05) is 0 Å². The average molecular weight is 429 g/mol. The molecule has 3 aromatic rings. The highest BCUT2D eigenvalue weighted by Gasteiger charge is 2.54. The van der Waals surface area contributed by atoms with Crippen molar-refractivity contribution in [2.24, 2.45) is 23.2 Å². The highest BCUT2D eigenvalue weighted by atomic mass is 16.1. The summed E-state index contributed by atoms with van der Waals surface area (Å²) in [5.41, 5.74) is 4.72. The number of benzene rings is 1. The molecule has 2 heterocycles. The maximum atomic E-state index is 13.5. The van der Waals surface area contributed by atoms with Crippen molar-refractivity contribution in [1.29, 1.82) is 0 Å². The number of aryl methyl sites for hydroxylation is 1. The predicted octanol–water partition coefficient (Wildman–Crippen LogP) is 5.43. The molecule has 0 saturated heterocycles. The molecule has 4 saturated carbocycles. The Hall–Kier alpha value is -2.69. The largest absolute Gasteiger partial charge is 0.349 e.